The molecule has 0 atom stereocenters. The van der Waals surface area contributed by atoms with Gasteiger partial charge in [0.2, 0.25) is 0 Å². The Morgan fingerprint density at radius 3 is 2.37 bits per heavy atom. The minimum atomic E-state index is -2.81. The van der Waals surface area contributed by atoms with Gasteiger partial charge in [-0.25, -0.2) is 8.78 Å². The van der Waals surface area contributed by atoms with E-state index in [4.69, 9.17) is 0 Å². The lowest BCUT2D eigenvalue weighted by atomic mass is 9.69. The number of hydrogen-bond acceptors (Lipinski definition) is 2. The zero-order chi connectivity index (χ0) is 14.0. The lowest BCUT2D eigenvalue weighted by Gasteiger charge is -2.34. The van der Waals surface area contributed by atoms with E-state index in [1.165, 1.54) is 6.07 Å². The first-order valence-corrected chi connectivity index (χ1v) is 6.32. The van der Waals surface area contributed by atoms with Gasteiger partial charge in [0.15, 0.2) is 0 Å². The Kier molecular flexibility index (Phi) is 3.73. The van der Waals surface area contributed by atoms with E-state index in [9.17, 15) is 23.8 Å². The van der Waals surface area contributed by atoms with Crippen LogP contribution in [0.1, 0.15) is 49.7 Å². The van der Waals surface area contributed by atoms with Crippen LogP contribution in [0.2, 0.25) is 0 Å². The van der Waals surface area contributed by atoms with Crippen molar-refractivity contribution >= 4 is 5.97 Å². The first kappa shape index (κ1) is 13.8. The summed E-state index contributed by atoms with van der Waals surface area (Å²) in [5.41, 5.74) is -1.22. The number of carboxylic acids is 1. The smallest absolute Gasteiger partial charge is 0.314 e. The van der Waals surface area contributed by atoms with Crippen molar-refractivity contribution in [1.29, 1.82) is 0 Å². The standard InChI is InChI=1S/C14H16F2O3/c15-12(16)10-8-9(4-5-11(10)17)14(13(18)19)6-2-1-3-7-14/h4-5,8,12,17H,1-3,6-7H2,(H,18,19). The molecule has 0 saturated heterocycles. The maximum absolute atomic E-state index is 12.8. The van der Waals surface area contributed by atoms with Gasteiger partial charge in [0.25, 0.3) is 6.43 Å². The van der Waals surface area contributed by atoms with Gasteiger partial charge < -0.3 is 10.2 Å². The maximum Gasteiger partial charge on any atom is 0.314 e. The molecule has 1 aliphatic carbocycles. The number of hydrogen-bond donors (Lipinski definition) is 2. The molecule has 0 amide bonds. The topological polar surface area (TPSA) is 57.5 Å². The molecule has 2 rings (SSSR count). The van der Waals surface area contributed by atoms with Crippen LogP contribution in [0.4, 0.5) is 8.78 Å². The van der Waals surface area contributed by atoms with Gasteiger partial charge in [-0.2, -0.15) is 0 Å². The number of aliphatic carboxylic acids is 1. The van der Waals surface area contributed by atoms with Crippen molar-refractivity contribution in [2.45, 2.75) is 43.9 Å². The van der Waals surface area contributed by atoms with Gasteiger partial charge in [-0.15, -0.1) is 0 Å². The van der Waals surface area contributed by atoms with Gasteiger partial charge in [-0.3, -0.25) is 4.79 Å². The zero-order valence-corrected chi connectivity index (χ0v) is 10.4. The number of rotatable bonds is 3. The van der Waals surface area contributed by atoms with Gasteiger partial charge >= 0.3 is 5.97 Å². The SMILES string of the molecule is O=C(O)C1(c2ccc(O)c(C(F)F)c2)CCCCC1. The van der Waals surface area contributed by atoms with Gasteiger partial charge in [-0.05, 0) is 30.5 Å². The van der Waals surface area contributed by atoms with Crippen LogP contribution in [-0.4, -0.2) is 16.2 Å². The highest BCUT2D eigenvalue weighted by Crippen LogP contribution is 2.42. The summed E-state index contributed by atoms with van der Waals surface area (Å²) in [4.78, 5) is 11.6. The monoisotopic (exact) mass is 270 g/mol. The largest absolute Gasteiger partial charge is 0.507 e. The fourth-order valence-corrected chi connectivity index (χ4v) is 2.81. The van der Waals surface area contributed by atoms with Gasteiger partial charge in [-0.1, -0.05) is 25.3 Å². The Labute approximate surface area is 109 Å². The number of halogens is 2. The van der Waals surface area contributed by atoms with Crippen molar-refractivity contribution < 1.29 is 23.8 Å². The molecule has 0 bridgehead atoms. The van der Waals surface area contributed by atoms with E-state index in [0.717, 1.165) is 31.4 Å². The first-order valence-electron chi connectivity index (χ1n) is 6.32. The summed E-state index contributed by atoms with van der Waals surface area (Å²) < 4.78 is 25.6. The van der Waals surface area contributed by atoms with Gasteiger partial charge in [0, 0.05) is 0 Å². The number of carboxylic acid groups (broad SMARTS) is 1. The zero-order valence-electron chi connectivity index (χ0n) is 10.4. The lowest BCUT2D eigenvalue weighted by molar-refractivity contribution is -0.145. The highest BCUT2D eigenvalue weighted by Gasteiger charge is 2.41. The molecule has 5 heteroatoms. The molecule has 0 heterocycles. The van der Waals surface area contributed by atoms with Crippen molar-refractivity contribution in [2.24, 2.45) is 0 Å². The molecule has 0 unspecified atom stereocenters. The van der Waals surface area contributed by atoms with Crippen molar-refractivity contribution in [1.82, 2.24) is 0 Å². The Hall–Kier alpha value is -1.65. The Morgan fingerprint density at radius 2 is 1.84 bits per heavy atom. The Bertz CT molecular complexity index is 480. The third kappa shape index (κ3) is 2.41. The summed E-state index contributed by atoms with van der Waals surface area (Å²) in [6.07, 6.45) is 0.615. The normalized spacial score (nSPS) is 18.5. The minimum absolute atomic E-state index is 0.368. The molecule has 1 fully saturated rings. The van der Waals surface area contributed by atoms with Crippen LogP contribution in [-0.2, 0) is 10.2 Å². The van der Waals surface area contributed by atoms with Crippen LogP contribution in [0.3, 0.4) is 0 Å². The molecule has 104 valence electrons. The molecule has 1 aliphatic rings. The number of aromatic hydroxyl groups is 1. The molecule has 3 nitrogen and oxygen atoms in total. The lowest BCUT2D eigenvalue weighted by Crippen LogP contribution is -2.37. The highest BCUT2D eigenvalue weighted by atomic mass is 19.3. The Morgan fingerprint density at radius 1 is 1.21 bits per heavy atom. The second-order valence-electron chi connectivity index (χ2n) is 5.02. The second kappa shape index (κ2) is 5.15. The average molecular weight is 270 g/mol. The van der Waals surface area contributed by atoms with Gasteiger partial charge in [0.05, 0.1) is 11.0 Å². The predicted octanol–water partition coefficient (Wildman–Crippen LogP) is 3.62. The predicted molar refractivity (Wildman–Crippen MR) is 65.5 cm³/mol. The molecule has 0 aliphatic heterocycles. The molecule has 0 spiro atoms. The highest BCUT2D eigenvalue weighted by molar-refractivity contribution is 5.81. The maximum atomic E-state index is 12.8. The van der Waals surface area contributed by atoms with Crippen LogP contribution in [0.5, 0.6) is 5.75 Å². The van der Waals surface area contributed by atoms with E-state index in [0.29, 0.717) is 18.4 Å². The van der Waals surface area contributed by atoms with E-state index >= 15 is 0 Å². The van der Waals surface area contributed by atoms with Crippen molar-refractivity contribution in [3.8, 4) is 5.75 Å². The van der Waals surface area contributed by atoms with Crippen molar-refractivity contribution in [3.05, 3.63) is 29.3 Å². The van der Waals surface area contributed by atoms with E-state index in [2.05, 4.69) is 0 Å². The minimum Gasteiger partial charge on any atom is -0.507 e. The summed E-state index contributed by atoms with van der Waals surface area (Å²) in [5, 5.41) is 18.9. The molecule has 1 aromatic rings. The van der Waals surface area contributed by atoms with Crippen LogP contribution >= 0.6 is 0 Å². The van der Waals surface area contributed by atoms with Gasteiger partial charge in [0.1, 0.15) is 5.75 Å². The van der Waals surface area contributed by atoms with Crippen LogP contribution in [0.25, 0.3) is 0 Å². The fourth-order valence-electron chi connectivity index (χ4n) is 2.81. The first-order chi connectivity index (χ1) is 8.97. The van der Waals surface area contributed by atoms with E-state index in [1.807, 2.05) is 0 Å². The number of phenolic OH excluding ortho intramolecular Hbond substituents is 1. The summed E-state index contributed by atoms with van der Waals surface area (Å²) >= 11 is 0. The molecule has 19 heavy (non-hydrogen) atoms. The average Bonchev–Trinajstić information content (AvgIpc) is 2.39. The third-order valence-electron chi connectivity index (χ3n) is 3.93. The molecule has 2 N–H and O–H groups in total. The molecular weight excluding hydrogens is 254 g/mol. The van der Waals surface area contributed by atoms with Crippen LogP contribution in [0.15, 0.2) is 18.2 Å². The number of benzene rings is 1. The van der Waals surface area contributed by atoms with E-state index in [1.54, 1.807) is 0 Å². The molecule has 1 aromatic carbocycles. The van der Waals surface area contributed by atoms with Crippen molar-refractivity contribution in [3.63, 3.8) is 0 Å². The number of carbonyl (C=O) groups is 1. The third-order valence-corrected chi connectivity index (χ3v) is 3.93. The summed E-state index contributed by atoms with van der Waals surface area (Å²) in [5.74, 6) is -1.46. The number of alkyl halides is 2. The van der Waals surface area contributed by atoms with Crippen molar-refractivity contribution in [2.75, 3.05) is 0 Å². The quantitative estimate of drug-likeness (QED) is 0.882. The molecule has 0 aromatic heterocycles. The summed E-state index contributed by atoms with van der Waals surface area (Å²) in [6, 6.07) is 3.75. The number of phenols is 1. The molecule has 1 saturated carbocycles. The summed E-state index contributed by atoms with van der Waals surface area (Å²) in [6.45, 7) is 0. The van der Waals surface area contributed by atoms with Crippen LogP contribution in [0, 0.1) is 0 Å². The molecular formula is C14H16F2O3. The van der Waals surface area contributed by atoms with Crippen LogP contribution < -0.4 is 0 Å². The van der Waals surface area contributed by atoms with E-state index in [-0.39, 0.29) is 0 Å². The summed E-state index contributed by atoms with van der Waals surface area (Å²) in [7, 11) is 0. The Balaban J connectivity index is 2.48. The fraction of sp³-hybridized carbons (Fsp3) is 0.500. The second-order valence-corrected chi connectivity index (χ2v) is 5.02. The van der Waals surface area contributed by atoms with E-state index < -0.39 is 29.1 Å². The molecule has 0 radical (unpaired) electrons.